The normalized spacial score (nSPS) is 16.8. The minimum atomic E-state index is -0.437. The number of nitrogens with one attached hydrogen (secondary N) is 1. The molecule has 0 aliphatic heterocycles. The van der Waals surface area contributed by atoms with Gasteiger partial charge in [-0.3, -0.25) is 0 Å². The van der Waals surface area contributed by atoms with Crippen LogP contribution in [0.2, 0.25) is 0 Å². The van der Waals surface area contributed by atoms with Crippen molar-refractivity contribution < 1.29 is 13.9 Å². The number of oxazole rings is 1. The fourth-order valence-corrected chi connectivity index (χ4v) is 2.06. The molecule has 1 saturated carbocycles. The van der Waals surface area contributed by atoms with Gasteiger partial charge in [-0.25, -0.2) is 4.79 Å². The first kappa shape index (κ1) is 12.0. The molecule has 1 N–H and O–H groups in total. The number of rotatable bonds is 4. The first-order chi connectivity index (χ1) is 8.29. The Morgan fingerprint density at radius 2 is 2.29 bits per heavy atom. The Morgan fingerprint density at radius 3 is 3.00 bits per heavy atom. The Labute approximate surface area is 101 Å². The summed E-state index contributed by atoms with van der Waals surface area (Å²) in [7, 11) is 0. The first-order valence-electron chi connectivity index (χ1n) is 6.18. The monoisotopic (exact) mass is 238 g/mol. The summed E-state index contributed by atoms with van der Waals surface area (Å²) in [6.45, 7) is 2.11. The van der Waals surface area contributed by atoms with Crippen LogP contribution in [0.3, 0.4) is 0 Å². The van der Waals surface area contributed by atoms with Crippen molar-refractivity contribution in [2.45, 2.75) is 45.1 Å². The van der Waals surface area contributed by atoms with E-state index in [0.29, 0.717) is 18.7 Å². The van der Waals surface area contributed by atoms with Crippen LogP contribution in [-0.2, 0) is 4.74 Å². The van der Waals surface area contributed by atoms with Crippen LogP contribution in [0.4, 0.5) is 6.01 Å². The van der Waals surface area contributed by atoms with Crippen molar-refractivity contribution in [3.63, 3.8) is 0 Å². The minimum absolute atomic E-state index is 0.227. The van der Waals surface area contributed by atoms with E-state index in [-0.39, 0.29) is 5.69 Å². The highest BCUT2D eigenvalue weighted by molar-refractivity contribution is 5.87. The Hall–Kier alpha value is -1.52. The van der Waals surface area contributed by atoms with Crippen LogP contribution in [0.15, 0.2) is 10.7 Å². The van der Waals surface area contributed by atoms with Crippen LogP contribution < -0.4 is 5.32 Å². The van der Waals surface area contributed by atoms with E-state index in [0.717, 1.165) is 12.8 Å². The summed E-state index contributed by atoms with van der Waals surface area (Å²) in [6, 6.07) is 0.831. The van der Waals surface area contributed by atoms with E-state index in [4.69, 9.17) is 9.15 Å². The lowest BCUT2D eigenvalue weighted by atomic mass is 9.96. The zero-order valence-electron chi connectivity index (χ0n) is 10.1. The quantitative estimate of drug-likeness (QED) is 0.817. The molecule has 0 atom stereocenters. The summed E-state index contributed by atoms with van der Waals surface area (Å²) in [5.74, 6) is -0.437. The lowest BCUT2D eigenvalue weighted by Gasteiger charge is -2.21. The van der Waals surface area contributed by atoms with Crippen LogP contribution >= 0.6 is 0 Å². The second kappa shape index (κ2) is 5.70. The average molecular weight is 238 g/mol. The molecule has 0 aromatic carbocycles. The number of esters is 1. The van der Waals surface area contributed by atoms with Gasteiger partial charge in [0.05, 0.1) is 6.61 Å². The van der Waals surface area contributed by atoms with Gasteiger partial charge in [0.15, 0.2) is 5.69 Å². The zero-order chi connectivity index (χ0) is 12.1. The lowest BCUT2D eigenvalue weighted by Crippen LogP contribution is -2.22. The number of anilines is 1. The number of carbonyl (C=O) groups is 1. The molecule has 1 fully saturated rings. The molecule has 5 heteroatoms. The van der Waals surface area contributed by atoms with Crippen molar-refractivity contribution in [2.24, 2.45) is 0 Å². The number of aromatic nitrogens is 1. The number of ether oxygens (including phenoxy) is 1. The van der Waals surface area contributed by atoms with Crippen molar-refractivity contribution >= 4 is 12.0 Å². The third-order valence-corrected chi connectivity index (χ3v) is 2.92. The molecule has 1 aromatic rings. The van der Waals surface area contributed by atoms with E-state index in [1.807, 2.05) is 0 Å². The molecule has 0 amide bonds. The molecule has 0 spiro atoms. The Morgan fingerprint density at radius 1 is 1.53 bits per heavy atom. The topological polar surface area (TPSA) is 64.4 Å². The van der Waals surface area contributed by atoms with E-state index in [1.54, 1.807) is 6.92 Å². The van der Waals surface area contributed by atoms with Crippen LogP contribution in [0.1, 0.15) is 49.5 Å². The molecule has 1 aliphatic rings. The SMILES string of the molecule is CCOC(=O)c1coc(NC2CCCCC2)n1. The molecule has 0 radical (unpaired) electrons. The van der Waals surface area contributed by atoms with Gasteiger partial charge in [0.2, 0.25) is 0 Å². The molecular formula is C12H18N2O3. The molecule has 1 heterocycles. The highest BCUT2D eigenvalue weighted by atomic mass is 16.5. The van der Waals surface area contributed by atoms with Gasteiger partial charge >= 0.3 is 5.97 Å². The fourth-order valence-electron chi connectivity index (χ4n) is 2.06. The van der Waals surface area contributed by atoms with E-state index in [2.05, 4.69) is 10.3 Å². The van der Waals surface area contributed by atoms with E-state index >= 15 is 0 Å². The van der Waals surface area contributed by atoms with E-state index < -0.39 is 5.97 Å². The summed E-state index contributed by atoms with van der Waals surface area (Å²) in [4.78, 5) is 15.4. The maximum Gasteiger partial charge on any atom is 0.360 e. The molecule has 17 heavy (non-hydrogen) atoms. The summed E-state index contributed by atoms with van der Waals surface area (Å²) in [5.41, 5.74) is 0.227. The van der Waals surface area contributed by atoms with Crippen molar-refractivity contribution in [1.29, 1.82) is 0 Å². The average Bonchev–Trinajstić information content (AvgIpc) is 2.79. The third-order valence-electron chi connectivity index (χ3n) is 2.92. The van der Waals surface area contributed by atoms with E-state index in [1.165, 1.54) is 25.5 Å². The highest BCUT2D eigenvalue weighted by Crippen LogP contribution is 2.21. The van der Waals surface area contributed by atoms with Crippen LogP contribution in [0, 0.1) is 0 Å². The number of carbonyl (C=O) groups excluding carboxylic acids is 1. The van der Waals surface area contributed by atoms with Gasteiger partial charge in [-0.05, 0) is 19.8 Å². The van der Waals surface area contributed by atoms with Gasteiger partial charge in [-0.15, -0.1) is 0 Å². The Balaban J connectivity index is 1.91. The molecule has 94 valence electrons. The minimum Gasteiger partial charge on any atom is -0.461 e. The van der Waals surface area contributed by atoms with Gasteiger partial charge in [0, 0.05) is 6.04 Å². The summed E-state index contributed by atoms with van der Waals surface area (Å²) < 4.78 is 10.1. The number of hydrogen-bond donors (Lipinski definition) is 1. The van der Waals surface area contributed by atoms with Crippen LogP contribution in [-0.4, -0.2) is 23.6 Å². The van der Waals surface area contributed by atoms with Gasteiger partial charge in [-0.2, -0.15) is 4.98 Å². The van der Waals surface area contributed by atoms with Crippen LogP contribution in [0.25, 0.3) is 0 Å². The molecule has 5 nitrogen and oxygen atoms in total. The molecule has 0 saturated heterocycles. The largest absolute Gasteiger partial charge is 0.461 e. The fraction of sp³-hybridized carbons (Fsp3) is 0.667. The van der Waals surface area contributed by atoms with Gasteiger partial charge in [0.25, 0.3) is 6.01 Å². The standard InChI is InChI=1S/C12H18N2O3/c1-2-16-11(15)10-8-17-12(14-10)13-9-6-4-3-5-7-9/h8-9H,2-7H2,1H3,(H,13,14). The smallest absolute Gasteiger partial charge is 0.360 e. The summed E-state index contributed by atoms with van der Waals surface area (Å²) in [5, 5.41) is 3.21. The predicted octanol–water partition coefficient (Wildman–Crippen LogP) is 2.60. The number of hydrogen-bond acceptors (Lipinski definition) is 5. The predicted molar refractivity (Wildman–Crippen MR) is 63.0 cm³/mol. The van der Waals surface area contributed by atoms with Crippen molar-refractivity contribution in [3.05, 3.63) is 12.0 Å². The third kappa shape index (κ3) is 3.22. The molecule has 1 aromatic heterocycles. The van der Waals surface area contributed by atoms with Gasteiger partial charge in [0.1, 0.15) is 6.26 Å². The van der Waals surface area contributed by atoms with Crippen molar-refractivity contribution in [3.8, 4) is 0 Å². The van der Waals surface area contributed by atoms with Gasteiger partial charge in [-0.1, -0.05) is 19.3 Å². The first-order valence-corrected chi connectivity index (χ1v) is 6.18. The molecule has 2 rings (SSSR count). The molecule has 1 aliphatic carbocycles. The maximum atomic E-state index is 11.4. The second-order valence-corrected chi connectivity index (χ2v) is 4.24. The van der Waals surface area contributed by atoms with Gasteiger partial charge < -0.3 is 14.5 Å². The summed E-state index contributed by atoms with van der Waals surface area (Å²) in [6.07, 6.45) is 7.39. The lowest BCUT2D eigenvalue weighted by molar-refractivity contribution is 0.0519. The highest BCUT2D eigenvalue weighted by Gasteiger charge is 2.17. The van der Waals surface area contributed by atoms with Crippen LogP contribution in [0.5, 0.6) is 0 Å². The Bertz CT molecular complexity index is 370. The second-order valence-electron chi connectivity index (χ2n) is 4.24. The van der Waals surface area contributed by atoms with Crippen molar-refractivity contribution in [2.75, 3.05) is 11.9 Å². The summed E-state index contributed by atoms with van der Waals surface area (Å²) >= 11 is 0. The number of nitrogens with zero attached hydrogens (tertiary/aromatic N) is 1. The molecule has 0 bridgehead atoms. The van der Waals surface area contributed by atoms with E-state index in [9.17, 15) is 4.79 Å². The molecule has 0 unspecified atom stereocenters. The maximum absolute atomic E-state index is 11.4. The van der Waals surface area contributed by atoms with Crippen molar-refractivity contribution in [1.82, 2.24) is 4.98 Å². The Kier molecular flexibility index (Phi) is 4.01. The molecular weight excluding hydrogens is 220 g/mol. The zero-order valence-corrected chi connectivity index (χ0v) is 10.1.